The number of alkyl halides is 1. The minimum Gasteiger partial charge on any atom is -0.459 e. The van der Waals surface area contributed by atoms with E-state index in [2.05, 4.69) is 4.99 Å². The van der Waals surface area contributed by atoms with E-state index in [1.807, 2.05) is 25.1 Å². The largest absolute Gasteiger partial charge is 0.459 e. The van der Waals surface area contributed by atoms with Gasteiger partial charge in [0, 0.05) is 25.6 Å². The van der Waals surface area contributed by atoms with E-state index >= 15 is 0 Å². The lowest BCUT2D eigenvalue weighted by Gasteiger charge is -2.41. The molecule has 0 fully saturated rings. The van der Waals surface area contributed by atoms with Gasteiger partial charge in [-0.15, -0.1) is 0 Å². The van der Waals surface area contributed by atoms with Gasteiger partial charge in [-0.05, 0) is 43.2 Å². The van der Waals surface area contributed by atoms with Crippen LogP contribution in [0.1, 0.15) is 42.3 Å². The minimum atomic E-state index is -0.972. The Bertz CT molecular complexity index is 925. The summed E-state index contributed by atoms with van der Waals surface area (Å²) in [4.78, 5) is 32.7. The first-order valence-electron chi connectivity index (χ1n) is 9.39. The SMILES string of the molecule is CC(=O)N1c2ccc(C3C=NCC(F)C3)cc2N(C(=O)c2ccco2)C[C@@H]1C. The molecule has 0 aliphatic carbocycles. The van der Waals surface area contributed by atoms with Crippen molar-refractivity contribution in [2.24, 2.45) is 4.99 Å². The average Bonchev–Trinajstić information content (AvgIpc) is 3.21. The summed E-state index contributed by atoms with van der Waals surface area (Å²) in [5.41, 5.74) is 2.17. The monoisotopic (exact) mass is 383 g/mol. The highest BCUT2D eigenvalue weighted by Gasteiger charge is 2.35. The Balaban J connectivity index is 1.79. The maximum Gasteiger partial charge on any atom is 0.294 e. The summed E-state index contributed by atoms with van der Waals surface area (Å²) < 4.78 is 19.1. The van der Waals surface area contributed by atoms with Crippen LogP contribution in [0.4, 0.5) is 15.8 Å². The van der Waals surface area contributed by atoms with Gasteiger partial charge in [-0.2, -0.15) is 0 Å². The standard InChI is InChI=1S/C21H22FN3O3/c1-13-12-24(21(27)20-4-3-7-28-20)19-9-15(16-8-17(22)11-23-10-16)5-6-18(19)25(13)14(2)26/h3-7,9-10,13,16-17H,8,11-12H2,1-2H3/t13-,16?,17?/m0/s1. The van der Waals surface area contributed by atoms with Gasteiger partial charge in [-0.1, -0.05) is 6.07 Å². The number of anilines is 2. The fraction of sp³-hybridized carbons (Fsp3) is 0.381. The molecular weight excluding hydrogens is 361 g/mol. The maximum atomic E-state index is 13.8. The molecule has 1 aromatic carbocycles. The van der Waals surface area contributed by atoms with Crippen LogP contribution < -0.4 is 9.80 Å². The maximum absolute atomic E-state index is 13.8. The summed E-state index contributed by atoms with van der Waals surface area (Å²) in [6.07, 6.45) is 2.62. The Morgan fingerprint density at radius 1 is 1.25 bits per heavy atom. The smallest absolute Gasteiger partial charge is 0.294 e. The molecular formula is C21H22FN3O3. The van der Waals surface area contributed by atoms with E-state index in [0.717, 1.165) is 5.56 Å². The molecule has 2 amide bonds. The van der Waals surface area contributed by atoms with Crippen LogP contribution in [0.2, 0.25) is 0 Å². The molecule has 0 radical (unpaired) electrons. The number of carbonyl (C=O) groups excluding carboxylic acids is 2. The summed E-state index contributed by atoms with van der Waals surface area (Å²) in [6.45, 7) is 3.96. The molecule has 146 valence electrons. The summed E-state index contributed by atoms with van der Waals surface area (Å²) in [5, 5.41) is 0. The van der Waals surface area contributed by atoms with Crippen molar-refractivity contribution in [3.8, 4) is 0 Å². The number of rotatable bonds is 2. The fourth-order valence-electron chi connectivity index (χ4n) is 4.01. The van der Waals surface area contributed by atoms with Gasteiger partial charge >= 0.3 is 0 Å². The molecule has 3 heterocycles. The molecule has 2 aromatic rings. The molecule has 2 unspecified atom stereocenters. The molecule has 4 rings (SSSR count). The number of amides is 2. The second-order valence-corrected chi connectivity index (χ2v) is 7.33. The van der Waals surface area contributed by atoms with Gasteiger partial charge in [0.2, 0.25) is 5.91 Å². The molecule has 2 aliphatic heterocycles. The van der Waals surface area contributed by atoms with Crippen LogP contribution in [0.15, 0.2) is 46.0 Å². The van der Waals surface area contributed by atoms with E-state index in [-0.39, 0.29) is 36.1 Å². The van der Waals surface area contributed by atoms with E-state index in [1.165, 1.54) is 13.2 Å². The van der Waals surface area contributed by atoms with Crippen LogP contribution in [-0.4, -0.2) is 43.3 Å². The van der Waals surface area contributed by atoms with Gasteiger partial charge in [-0.3, -0.25) is 14.6 Å². The number of benzene rings is 1. The zero-order chi connectivity index (χ0) is 19.8. The molecule has 6 nitrogen and oxygen atoms in total. The number of carbonyl (C=O) groups is 2. The highest BCUT2D eigenvalue weighted by atomic mass is 19.1. The van der Waals surface area contributed by atoms with Crippen molar-refractivity contribution in [3.05, 3.63) is 47.9 Å². The molecule has 0 N–H and O–H groups in total. The Kier molecular flexibility index (Phi) is 4.75. The number of fused-ring (bicyclic) bond motifs is 1. The van der Waals surface area contributed by atoms with Crippen molar-refractivity contribution in [1.82, 2.24) is 0 Å². The molecule has 0 saturated carbocycles. The number of nitrogens with zero attached hydrogens (tertiary/aromatic N) is 3. The van der Waals surface area contributed by atoms with Gasteiger partial charge < -0.3 is 14.2 Å². The number of furan rings is 1. The summed E-state index contributed by atoms with van der Waals surface area (Å²) in [7, 11) is 0. The van der Waals surface area contributed by atoms with Gasteiger partial charge in [-0.25, -0.2) is 4.39 Å². The Morgan fingerprint density at radius 2 is 2.07 bits per heavy atom. The average molecular weight is 383 g/mol. The van der Waals surface area contributed by atoms with Gasteiger partial charge in [0.15, 0.2) is 5.76 Å². The van der Waals surface area contributed by atoms with Crippen LogP contribution in [0.25, 0.3) is 0 Å². The Morgan fingerprint density at radius 3 is 2.75 bits per heavy atom. The third-order valence-corrected chi connectivity index (χ3v) is 5.28. The number of hydrogen-bond acceptors (Lipinski definition) is 4. The highest BCUT2D eigenvalue weighted by Crippen LogP contribution is 2.39. The highest BCUT2D eigenvalue weighted by molar-refractivity contribution is 6.09. The van der Waals surface area contributed by atoms with Crippen molar-refractivity contribution >= 4 is 29.4 Å². The normalized spacial score (nSPS) is 24.2. The van der Waals surface area contributed by atoms with Gasteiger partial charge in [0.25, 0.3) is 5.91 Å². The molecule has 1 aromatic heterocycles. The lowest BCUT2D eigenvalue weighted by molar-refractivity contribution is -0.117. The molecule has 3 atom stereocenters. The van der Waals surface area contributed by atoms with Crippen molar-refractivity contribution in [2.45, 2.75) is 38.4 Å². The molecule has 7 heteroatoms. The van der Waals surface area contributed by atoms with E-state index in [1.54, 1.807) is 28.1 Å². The number of hydrogen-bond donors (Lipinski definition) is 0. The minimum absolute atomic E-state index is 0.0883. The van der Waals surface area contributed by atoms with Crippen molar-refractivity contribution in [1.29, 1.82) is 0 Å². The van der Waals surface area contributed by atoms with E-state index in [4.69, 9.17) is 4.42 Å². The summed E-state index contributed by atoms with van der Waals surface area (Å²) in [6, 6.07) is 8.69. The Labute approximate surface area is 162 Å². The second kappa shape index (κ2) is 7.22. The zero-order valence-corrected chi connectivity index (χ0v) is 15.8. The van der Waals surface area contributed by atoms with Crippen LogP contribution in [0.5, 0.6) is 0 Å². The molecule has 28 heavy (non-hydrogen) atoms. The predicted octanol–water partition coefficient (Wildman–Crippen LogP) is 3.58. The molecule has 0 spiro atoms. The van der Waals surface area contributed by atoms with Crippen LogP contribution in [0.3, 0.4) is 0 Å². The fourth-order valence-corrected chi connectivity index (χ4v) is 4.01. The van der Waals surface area contributed by atoms with E-state index in [9.17, 15) is 14.0 Å². The third-order valence-electron chi connectivity index (χ3n) is 5.28. The second-order valence-electron chi connectivity index (χ2n) is 7.33. The topological polar surface area (TPSA) is 66.1 Å². The van der Waals surface area contributed by atoms with E-state index < -0.39 is 6.17 Å². The first-order chi connectivity index (χ1) is 13.5. The van der Waals surface area contributed by atoms with Crippen molar-refractivity contribution in [3.63, 3.8) is 0 Å². The first kappa shape index (κ1) is 18.4. The van der Waals surface area contributed by atoms with E-state index in [0.29, 0.717) is 24.3 Å². The quantitative estimate of drug-likeness (QED) is 0.796. The van der Waals surface area contributed by atoms with Gasteiger partial charge in [0.05, 0.1) is 30.2 Å². The lowest BCUT2D eigenvalue weighted by atomic mass is 9.91. The predicted molar refractivity (Wildman–Crippen MR) is 105 cm³/mol. The van der Waals surface area contributed by atoms with Crippen molar-refractivity contribution in [2.75, 3.05) is 22.9 Å². The molecule has 0 saturated heterocycles. The molecule has 2 aliphatic rings. The van der Waals surface area contributed by atoms with Crippen molar-refractivity contribution < 1.29 is 18.4 Å². The Hall–Kier alpha value is -2.96. The van der Waals surface area contributed by atoms with Crippen LogP contribution >= 0.6 is 0 Å². The zero-order valence-electron chi connectivity index (χ0n) is 15.8. The first-order valence-corrected chi connectivity index (χ1v) is 9.39. The van der Waals surface area contributed by atoms with Crippen LogP contribution in [-0.2, 0) is 4.79 Å². The summed E-state index contributed by atoms with van der Waals surface area (Å²) >= 11 is 0. The van der Waals surface area contributed by atoms with Gasteiger partial charge in [0.1, 0.15) is 6.17 Å². The summed E-state index contributed by atoms with van der Waals surface area (Å²) in [5.74, 6) is -0.267. The van der Waals surface area contributed by atoms with Crippen LogP contribution in [0, 0.1) is 0 Å². The number of aliphatic imine (C=N–C) groups is 1. The third kappa shape index (κ3) is 3.21. The molecule has 0 bridgehead atoms. The lowest BCUT2D eigenvalue weighted by Crippen LogP contribution is -2.51. The number of halogens is 1.